The van der Waals surface area contributed by atoms with Crippen molar-refractivity contribution in [2.45, 2.75) is 44.1 Å². The molecule has 1 aliphatic rings. The molecule has 0 saturated carbocycles. The fourth-order valence-corrected chi connectivity index (χ4v) is 5.07. The average Bonchev–Trinajstić information content (AvgIpc) is 3.50. The van der Waals surface area contributed by atoms with Gasteiger partial charge in [0.2, 0.25) is 0 Å². The Morgan fingerprint density at radius 1 is 1.15 bits per heavy atom. The Kier molecular flexibility index (Phi) is 7.62. The number of tetrazole rings is 1. The van der Waals surface area contributed by atoms with Crippen molar-refractivity contribution in [3.05, 3.63) is 62.0 Å². The van der Waals surface area contributed by atoms with Gasteiger partial charge in [-0.3, -0.25) is 9.59 Å². The van der Waals surface area contributed by atoms with Gasteiger partial charge in [0, 0.05) is 34.9 Å². The van der Waals surface area contributed by atoms with Crippen LogP contribution in [0.1, 0.15) is 46.3 Å². The van der Waals surface area contributed by atoms with Crippen LogP contribution in [-0.2, 0) is 10.3 Å². The van der Waals surface area contributed by atoms with E-state index in [2.05, 4.69) is 10.4 Å². The quantitative estimate of drug-likeness (QED) is 0.227. The number of thiophene rings is 1. The van der Waals surface area contributed by atoms with E-state index >= 15 is 4.39 Å². The smallest absolute Gasteiger partial charge is 0.416 e. The zero-order chi connectivity index (χ0) is 29.5. The van der Waals surface area contributed by atoms with Crippen molar-refractivity contribution in [3.8, 4) is 5.75 Å². The predicted molar refractivity (Wildman–Crippen MR) is 126 cm³/mol. The topological polar surface area (TPSA) is 119 Å². The first-order valence-electron chi connectivity index (χ1n) is 11.4. The number of Topliss-reactive ketones (excluding diaryl/α,β-unsaturated/α-hetero) is 1. The zero-order valence-electron chi connectivity index (χ0n) is 20.2. The lowest BCUT2D eigenvalue weighted by Gasteiger charge is -2.41. The standard InChI is InChI=1S/C23H18F7N5O4S/c1-11(36)16-5-6-17(40-16)13-10-21(23(28,29)30,31-19(37)18(13)35-20(38)32-33-34-35)14-4-3-12(9-15(14)24)39-8-2-7-22(25,26)27/h3-6,9H,2,7-8,10H2,1H3,(H,31,37)(H,32,34,38)/t21-/m0/s1. The number of aromatic nitrogens is 4. The Morgan fingerprint density at radius 2 is 1.88 bits per heavy atom. The van der Waals surface area contributed by atoms with Gasteiger partial charge >= 0.3 is 18.0 Å². The second-order valence-electron chi connectivity index (χ2n) is 8.71. The van der Waals surface area contributed by atoms with E-state index in [1.807, 2.05) is 5.10 Å². The molecule has 4 rings (SSSR count). The summed E-state index contributed by atoms with van der Waals surface area (Å²) in [6.45, 7) is 0.752. The number of halogens is 7. The molecule has 1 aliphatic heterocycles. The second kappa shape index (κ2) is 10.5. The van der Waals surface area contributed by atoms with Crippen molar-refractivity contribution in [1.29, 1.82) is 0 Å². The number of amides is 1. The third-order valence-electron chi connectivity index (χ3n) is 5.96. The highest BCUT2D eigenvalue weighted by Crippen LogP contribution is 2.50. The predicted octanol–water partition coefficient (Wildman–Crippen LogP) is 4.44. The van der Waals surface area contributed by atoms with Crippen molar-refractivity contribution in [2.24, 2.45) is 0 Å². The fourth-order valence-electron chi connectivity index (χ4n) is 4.13. The Bertz CT molecular complexity index is 1540. The lowest BCUT2D eigenvalue weighted by molar-refractivity contribution is -0.202. The summed E-state index contributed by atoms with van der Waals surface area (Å²) in [7, 11) is 0. The lowest BCUT2D eigenvalue weighted by atomic mass is 9.79. The third kappa shape index (κ3) is 5.64. The summed E-state index contributed by atoms with van der Waals surface area (Å²) in [6.07, 6.45) is -12.5. The van der Waals surface area contributed by atoms with Gasteiger partial charge in [0.25, 0.3) is 5.91 Å². The number of hydrogen-bond acceptors (Lipinski definition) is 7. The van der Waals surface area contributed by atoms with E-state index in [1.54, 1.807) is 5.32 Å². The minimum Gasteiger partial charge on any atom is -0.493 e. The van der Waals surface area contributed by atoms with Crippen LogP contribution in [-0.4, -0.2) is 50.9 Å². The number of aromatic amines is 1. The van der Waals surface area contributed by atoms with Crippen LogP contribution in [0.5, 0.6) is 5.75 Å². The van der Waals surface area contributed by atoms with Crippen LogP contribution in [0.4, 0.5) is 30.7 Å². The molecule has 3 heterocycles. The van der Waals surface area contributed by atoms with E-state index in [0.29, 0.717) is 16.8 Å². The summed E-state index contributed by atoms with van der Waals surface area (Å²) in [5.74, 6) is -3.61. The highest BCUT2D eigenvalue weighted by atomic mass is 32.1. The van der Waals surface area contributed by atoms with E-state index in [9.17, 15) is 40.7 Å². The normalized spacial score (nSPS) is 18.1. The number of alkyl halides is 6. The van der Waals surface area contributed by atoms with E-state index in [4.69, 9.17) is 4.74 Å². The van der Waals surface area contributed by atoms with Crippen molar-refractivity contribution < 1.29 is 45.1 Å². The molecule has 0 radical (unpaired) electrons. The number of benzene rings is 1. The number of carbonyl (C=O) groups excluding carboxylic acids is 2. The number of ketones is 1. The van der Waals surface area contributed by atoms with Gasteiger partial charge < -0.3 is 10.1 Å². The summed E-state index contributed by atoms with van der Waals surface area (Å²) >= 11 is 0.760. The molecular formula is C23H18F7N5O4S. The van der Waals surface area contributed by atoms with Gasteiger partial charge in [-0.15, -0.1) is 11.3 Å². The van der Waals surface area contributed by atoms with Crippen LogP contribution in [0.25, 0.3) is 11.3 Å². The first-order valence-corrected chi connectivity index (χ1v) is 12.2. The summed E-state index contributed by atoms with van der Waals surface area (Å²) in [6, 6.07) is 4.83. The van der Waals surface area contributed by atoms with Gasteiger partial charge in [-0.05, 0) is 48.0 Å². The largest absolute Gasteiger partial charge is 0.493 e. The summed E-state index contributed by atoms with van der Waals surface area (Å²) < 4.78 is 102. The monoisotopic (exact) mass is 593 g/mol. The van der Waals surface area contributed by atoms with Gasteiger partial charge in [-0.1, -0.05) is 0 Å². The van der Waals surface area contributed by atoms with E-state index in [-0.39, 0.29) is 21.1 Å². The Balaban J connectivity index is 1.80. The van der Waals surface area contributed by atoms with Crippen molar-refractivity contribution in [2.75, 3.05) is 6.61 Å². The molecule has 214 valence electrons. The van der Waals surface area contributed by atoms with Gasteiger partial charge in [0.15, 0.2) is 11.3 Å². The Hall–Kier alpha value is -4.02. The molecule has 1 amide bonds. The highest BCUT2D eigenvalue weighted by Gasteiger charge is 2.61. The minimum absolute atomic E-state index is 0.0172. The highest BCUT2D eigenvalue weighted by molar-refractivity contribution is 7.15. The third-order valence-corrected chi connectivity index (χ3v) is 7.21. The first-order chi connectivity index (χ1) is 18.6. The van der Waals surface area contributed by atoms with Crippen molar-refractivity contribution in [3.63, 3.8) is 0 Å². The molecule has 0 fully saturated rings. The second-order valence-corrected chi connectivity index (χ2v) is 9.79. The van der Waals surface area contributed by atoms with Gasteiger partial charge in [-0.2, -0.15) is 31.0 Å². The molecule has 1 aromatic carbocycles. The number of hydrogen-bond donors (Lipinski definition) is 2. The Labute approximate surface area is 223 Å². The van der Waals surface area contributed by atoms with Crippen LogP contribution in [0, 0.1) is 5.82 Å². The molecular weight excluding hydrogens is 575 g/mol. The maximum absolute atomic E-state index is 15.3. The van der Waals surface area contributed by atoms with Crippen LogP contribution < -0.4 is 15.7 Å². The van der Waals surface area contributed by atoms with Crippen LogP contribution in [0.3, 0.4) is 0 Å². The molecule has 3 aromatic rings. The van der Waals surface area contributed by atoms with E-state index < -0.39 is 78.2 Å². The maximum atomic E-state index is 15.3. The molecule has 1 atom stereocenters. The summed E-state index contributed by atoms with van der Waals surface area (Å²) in [5.41, 5.74) is -6.37. The maximum Gasteiger partial charge on any atom is 0.416 e. The van der Waals surface area contributed by atoms with Crippen LogP contribution in [0.2, 0.25) is 0 Å². The zero-order valence-corrected chi connectivity index (χ0v) is 21.1. The van der Waals surface area contributed by atoms with E-state index in [1.165, 1.54) is 19.1 Å². The molecule has 0 saturated heterocycles. The van der Waals surface area contributed by atoms with Gasteiger partial charge in [0.05, 0.1) is 11.5 Å². The number of H-pyrrole nitrogens is 1. The molecule has 2 N–H and O–H groups in total. The lowest BCUT2D eigenvalue weighted by Crippen LogP contribution is -2.59. The number of carbonyl (C=O) groups is 2. The van der Waals surface area contributed by atoms with Crippen molar-refractivity contribution in [1.82, 2.24) is 25.5 Å². The van der Waals surface area contributed by atoms with E-state index in [0.717, 1.165) is 17.4 Å². The van der Waals surface area contributed by atoms with Crippen LogP contribution >= 0.6 is 11.3 Å². The van der Waals surface area contributed by atoms with Crippen molar-refractivity contribution >= 4 is 34.3 Å². The molecule has 0 aliphatic carbocycles. The molecule has 0 bridgehead atoms. The number of ether oxygens (including phenoxy) is 1. The summed E-state index contributed by atoms with van der Waals surface area (Å²) in [5, 5.41) is 10.4. The summed E-state index contributed by atoms with van der Waals surface area (Å²) in [4.78, 5) is 37.4. The van der Waals surface area contributed by atoms with Gasteiger partial charge in [0.1, 0.15) is 17.3 Å². The molecule has 17 heteroatoms. The molecule has 2 aromatic heterocycles. The first kappa shape index (κ1) is 29.0. The molecule has 0 unspecified atom stereocenters. The number of rotatable bonds is 8. The molecule has 0 spiro atoms. The minimum atomic E-state index is -5.30. The van der Waals surface area contributed by atoms with Crippen LogP contribution in [0.15, 0.2) is 35.1 Å². The van der Waals surface area contributed by atoms with Gasteiger partial charge in [-0.25, -0.2) is 14.3 Å². The SMILES string of the molecule is CC(=O)c1ccc(C2=C(n3nn[nH]c3=O)C(=O)N[C@@](c3ccc(OCCCC(F)(F)F)cc3F)(C(F)(F)F)C2)s1. The Morgan fingerprint density at radius 3 is 2.42 bits per heavy atom. The number of nitrogens with zero attached hydrogens (tertiary/aromatic N) is 3. The fraction of sp³-hybridized carbons (Fsp3) is 0.348. The number of nitrogens with one attached hydrogen (secondary N) is 2. The molecule has 9 nitrogen and oxygen atoms in total. The molecule has 40 heavy (non-hydrogen) atoms. The average molecular weight is 593 g/mol.